The molecule has 8 nitrogen and oxygen atoms in total. The molecule has 34 heavy (non-hydrogen) atoms. The van der Waals surface area contributed by atoms with Crippen molar-refractivity contribution in [2.24, 2.45) is 5.92 Å². The van der Waals surface area contributed by atoms with E-state index in [2.05, 4.69) is 22.5 Å². The molecule has 0 aromatic heterocycles. The highest BCUT2D eigenvalue weighted by molar-refractivity contribution is 6.09. The van der Waals surface area contributed by atoms with Crippen LogP contribution >= 0.6 is 0 Å². The van der Waals surface area contributed by atoms with Gasteiger partial charge in [-0.25, -0.2) is 0 Å². The van der Waals surface area contributed by atoms with Crippen molar-refractivity contribution in [3.05, 3.63) is 47.5 Å². The average Bonchev–Trinajstić information content (AvgIpc) is 2.86. The first kappa shape index (κ1) is 25.4. The minimum atomic E-state index is -0.375. The van der Waals surface area contributed by atoms with Gasteiger partial charge in [0.1, 0.15) is 17.1 Å². The maximum atomic E-state index is 13.1. The molecule has 0 aliphatic carbocycles. The summed E-state index contributed by atoms with van der Waals surface area (Å²) >= 11 is 0. The fraction of sp³-hybridized carbons (Fsp3) is 0.462. The molecule has 184 valence electrons. The Morgan fingerprint density at radius 1 is 1.00 bits per heavy atom. The molecule has 2 amide bonds. The second kappa shape index (κ2) is 12.3. The minimum absolute atomic E-state index is 0.171. The van der Waals surface area contributed by atoms with Gasteiger partial charge in [0.2, 0.25) is 0 Å². The standard InChI is InChI=1S/C26H35N3O5/c1-18-11-14-29(15-12-18)21-10-9-19(17-20(21)25(30)27-13-6-16-32-2)28-26(31)24-22(33-3)7-5-8-23(24)34-4/h5,7-10,17-18H,6,11-16H2,1-4H3,(H,27,30)(H,28,31). The molecule has 1 aliphatic rings. The fourth-order valence-electron chi connectivity index (χ4n) is 4.10. The Hall–Kier alpha value is -3.26. The van der Waals surface area contributed by atoms with Crippen LogP contribution in [0.5, 0.6) is 11.5 Å². The van der Waals surface area contributed by atoms with Crippen molar-refractivity contribution in [3.63, 3.8) is 0 Å². The number of carbonyl (C=O) groups excluding carboxylic acids is 2. The van der Waals surface area contributed by atoms with E-state index >= 15 is 0 Å². The van der Waals surface area contributed by atoms with E-state index in [1.54, 1.807) is 31.4 Å². The van der Waals surface area contributed by atoms with Crippen molar-refractivity contribution >= 4 is 23.2 Å². The van der Waals surface area contributed by atoms with Crippen LogP contribution in [0.3, 0.4) is 0 Å². The lowest BCUT2D eigenvalue weighted by Crippen LogP contribution is -2.35. The quantitative estimate of drug-likeness (QED) is 0.512. The zero-order chi connectivity index (χ0) is 24.5. The topological polar surface area (TPSA) is 89.1 Å². The van der Waals surface area contributed by atoms with Crippen molar-refractivity contribution in [1.82, 2.24) is 5.32 Å². The van der Waals surface area contributed by atoms with E-state index < -0.39 is 0 Å². The predicted octanol–water partition coefficient (Wildman–Crippen LogP) is 3.96. The lowest BCUT2D eigenvalue weighted by molar-refractivity contribution is 0.0947. The molecule has 0 saturated carbocycles. The van der Waals surface area contributed by atoms with Crippen LogP contribution in [0.15, 0.2) is 36.4 Å². The summed E-state index contributed by atoms with van der Waals surface area (Å²) in [5.74, 6) is 0.951. The van der Waals surface area contributed by atoms with Crippen LogP contribution in [-0.2, 0) is 4.74 Å². The number of benzene rings is 2. The largest absolute Gasteiger partial charge is 0.496 e. The molecule has 0 unspecified atom stereocenters. The van der Waals surface area contributed by atoms with Crippen LogP contribution in [0.25, 0.3) is 0 Å². The molecule has 1 fully saturated rings. The molecule has 8 heteroatoms. The smallest absolute Gasteiger partial charge is 0.263 e. The molecule has 2 N–H and O–H groups in total. The highest BCUT2D eigenvalue weighted by Gasteiger charge is 2.23. The molecule has 2 aromatic carbocycles. The Kier molecular flexibility index (Phi) is 9.16. The lowest BCUT2D eigenvalue weighted by atomic mass is 9.97. The molecule has 0 spiro atoms. The number of hydrogen-bond acceptors (Lipinski definition) is 6. The van der Waals surface area contributed by atoms with Crippen molar-refractivity contribution in [2.75, 3.05) is 57.8 Å². The van der Waals surface area contributed by atoms with E-state index in [1.807, 2.05) is 12.1 Å². The first-order valence-corrected chi connectivity index (χ1v) is 11.7. The normalized spacial score (nSPS) is 13.9. The summed E-state index contributed by atoms with van der Waals surface area (Å²) in [5.41, 5.74) is 2.24. The third-order valence-electron chi connectivity index (χ3n) is 6.09. The van der Waals surface area contributed by atoms with Gasteiger partial charge in [-0.15, -0.1) is 0 Å². The molecule has 2 aromatic rings. The van der Waals surface area contributed by atoms with Gasteiger partial charge in [0.25, 0.3) is 11.8 Å². The van der Waals surface area contributed by atoms with Crippen LogP contribution in [-0.4, -0.2) is 59.4 Å². The van der Waals surface area contributed by atoms with Crippen molar-refractivity contribution in [1.29, 1.82) is 0 Å². The third-order valence-corrected chi connectivity index (χ3v) is 6.09. The zero-order valence-corrected chi connectivity index (χ0v) is 20.5. The van der Waals surface area contributed by atoms with Gasteiger partial charge in [-0.2, -0.15) is 0 Å². The molecule has 1 saturated heterocycles. The van der Waals surface area contributed by atoms with E-state index in [4.69, 9.17) is 14.2 Å². The van der Waals surface area contributed by atoms with Gasteiger partial charge < -0.3 is 29.7 Å². The van der Waals surface area contributed by atoms with E-state index in [1.165, 1.54) is 14.2 Å². The number of anilines is 2. The summed E-state index contributed by atoms with van der Waals surface area (Å²) in [7, 11) is 4.65. The van der Waals surface area contributed by atoms with Crippen LogP contribution < -0.4 is 25.0 Å². The molecule has 1 heterocycles. The maximum absolute atomic E-state index is 13.1. The Morgan fingerprint density at radius 3 is 2.29 bits per heavy atom. The maximum Gasteiger partial charge on any atom is 0.263 e. The third kappa shape index (κ3) is 6.20. The van der Waals surface area contributed by atoms with E-state index in [9.17, 15) is 9.59 Å². The molecule has 0 radical (unpaired) electrons. The highest BCUT2D eigenvalue weighted by atomic mass is 16.5. The number of rotatable bonds is 10. The van der Waals surface area contributed by atoms with Gasteiger partial charge in [-0.1, -0.05) is 13.0 Å². The summed E-state index contributed by atoms with van der Waals surface area (Å²) in [5, 5.41) is 5.87. The van der Waals surface area contributed by atoms with Crippen molar-refractivity contribution in [2.45, 2.75) is 26.2 Å². The average molecular weight is 470 g/mol. The first-order chi connectivity index (χ1) is 16.5. The first-order valence-electron chi connectivity index (χ1n) is 11.7. The number of nitrogens with zero attached hydrogens (tertiary/aromatic N) is 1. The van der Waals surface area contributed by atoms with Crippen LogP contribution in [0.4, 0.5) is 11.4 Å². The van der Waals surface area contributed by atoms with Gasteiger partial charge in [0, 0.05) is 44.7 Å². The fourth-order valence-corrected chi connectivity index (χ4v) is 4.10. The van der Waals surface area contributed by atoms with E-state index in [-0.39, 0.29) is 11.8 Å². The molecule has 3 rings (SSSR count). The van der Waals surface area contributed by atoms with Crippen molar-refractivity contribution in [3.8, 4) is 11.5 Å². The second-order valence-electron chi connectivity index (χ2n) is 8.50. The van der Waals surface area contributed by atoms with E-state index in [0.717, 1.165) is 38.0 Å². The molecule has 1 aliphatic heterocycles. The van der Waals surface area contributed by atoms with Gasteiger partial charge >= 0.3 is 0 Å². The van der Waals surface area contributed by atoms with Crippen LogP contribution in [0, 0.1) is 5.92 Å². The van der Waals surface area contributed by atoms with Crippen LogP contribution in [0.1, 0.15) is 46.9 Å². The number of piperidine rings is 1. The summed E-state index contributed by atoms with van der Waals surface area (Å²) in [4.78, 5) is 28.5. The van der Waals surface area contributed by atoms with Gasteiger partial charge in [-0.05, 0) is 55.5 Å². The Labute approximate surface area is 201 Å². The lowest BCUT2D eigenvalue weighted by Gasteiger charge is -2.33. The molecular formula is C26H35N3O5. The number of amides is 2. The monoisotopic (exact) mass is 469 g/mol. The number of hydrogen-bond donors (Lipinski definition) is 2. The Bertz CT molecular complexity index is 964. The summed E-state index contributed by atoms with van der Waals surface area (Å²) in [6.45, 7) is 5.14. The Morgan fingerprint density at radius 2 is 1.68 bits per heavy atom. The number of carbonyl (C=O) groups is 2. The molecule has 0 bridgehead atoms. The van der Waals surface area contributed by atoms with Crippen LogP contribution in [0.2, 0.25) is 0 Å². The second-order valence-corrected chi connectivity index (χ2v) is 8.50. The van der Waals surface area contributed by atoms with E-state index in [0.29, 0.717) is 47.4 Å². The summed E-state index contributed by atoms with van der Waals surface area (Å²) in [6.07, 6.45) is 2.89. The molecular weight excluding hydrogens is 434 g/mol. The number of methoxy groups -OCH3 is 3. The zero-order valence-electron chi connectivity index (χ0n) is 20.5. The SMILES string of the molecule is COCCCNC(=O)c1cc(NC(=O)c2c(OC)cccc2OC)ccc1N1CCC(C)CC1. The number of ether oxygens (including phenoxy) is 3. The van der Waals surface area contributed by atoms with Gasteiger partial charge in [0.15, 0.2) is 0 Å². The van der Waals surface area contributed by atoms with Crippen molar-refractivity contribution < 1.29 is 23.8 Å². The molecule has 0 atom stereocenters. The summed E-state index contributed by atoms with van der Waals surface area (Å²) < 4.78 is 15.8. The van der Waals surface area contributed by atoms with Gasteiger partial charge in [-0.3, -0.25) is 9.59 Å². The highest BCUT2D eigenvalue weighted by Crippen LogP contribution is 2.31. The number of nitrogens with one attached hydrogen (secondary N) is 2. The van der Waals surface area contributed by atoms with Gasteiger partial charge in [0.05, 0.1) is 19.8 Å². The predicted molar refractivity (Wildman–Crippen MR) is 133 cm³/mol. The minimum Gasteiger partial charge on any atom is -0.496 e. The Balaban J connectivity index is 1.87. The summed E-state index contributed by atoms with van der Waals surface area (Å²) in [6, 6.07) is 10.6.